The molecule has 9 heteroatoms. The zero-order valence-corrected chi connectivity index (χ0v) is 25.0. The van der Waals surface area contributed by atoms with Crippen LogP contribution in [0.25, 0.3) is 0 Å². The largest absolute Gasteiger partial charge is 0.493 e. The lowest BCUT2D eigenvalue weighted by Gasteiger charge is -2.25. The molecule has 2 unspecified atom stereocenters. The molecule has 2 atom stereocenters. The number of unbranched alkanes of at least 4 members (excludes halogenated alkanes) is 3. The number of hydrogen-bond acceptors (Lipinski definition) is 6. The van der Waals surface area contributed by atoms with Crippen LogP contribution in [0.4, 0.5) is 0 Å². The average Bonchev–Trinajstić information content (AvgIpc) is 3.54. The third kappa shape index (κ3) is 7.87. The van der Waals surface area contributed by atoms with Crippen molar-refractivity contribution in [2.45, 2.75) is 77.2 Å². The highest BCUT2D eigenvalue weighted by Gasteiger charge is 2.37. The van der Waals surface area contributed by atoms with E-state index in [0.717, 1.165) is 68.6 Å². The van der Waals surface area contributed by atoms with E-state index in [1.807, 2.05) is 24.3 Å². The molecule has 2 heterocycles. The van der Waals surface area contributed by atoms with Gasteiger partial charge in [-0.1, -0.05) is 43.5 Å². The number of amides is 2. The predicted molar refractivity (Wildman–Crippen MR) is 159 cm³/mol. The van der Waals surface area contributed by atoms with Crippen LogP contribution in [0.3, 0.4) is 0 Å². The van der Waals surface area contributed by atoms with Crippen molar-refractivity contribution in [1.82, 2.24) is 15.1 Å². The molecule has 222 valence electrons. The molecule has 0 spiro atoms. The summed E-state index contributed by atoms with van der Waals surface area (Å²) < 4.78 is 12.1. The van der Waals surface area contributed by atoms with E-state index in [1.165, 1.54) is 11.1 Å². The van der Waals surface area contributed by atoms with Crippen LogP contribution < -0.4 is 10.1 Å². The predicted octanol–water partition coefficient (Wildman–Crippen LogP) is 5.31. The van der Waals surface area contributed by atoms with Crippen molar-refractivity contribution in [2.75, 3.05) is 33.3 Å². The van der Waals surface area contributed by atoms with Gasteiger partial charge in [0.25, 0.3) is 5.91 Å². The summed E-state index contributed by atoms with van der Waals surface area (Å²) in [6, 6.07) is 10.8. The summed E-state index contributed by atoms with van der Waals surface area (Å²) in [6.45, 7) is 6.84. The minimum absolute atomic E-state index is 0.128. The minimum atomic E-state index is -0.680. The topological polar surface area (TPSA) is 88.2 Å². The molecule has 2 aliphatic heterocycles. The molecule has 2 aromatic rings. The molecule has 2 aromatic carbocycles. The average molecular weight is 584 g/mol. The molecule has 0 aromatic heterocycles. The van der Waals surface area contributed by atoms with Crippen LogP contribution in [0.1, 0.15) is 85.0 Å². The molecule has 0 bridgehead atoms. The molecule has 2 amide bonds. The van der Waals surface area contributed by atoms with Gasteiger partial charge >= 0.3 is 0 Å². The number of rotatable bonds is 17. The van der Waals surface area contributed by atoms with E-state index in [2.05, 4.69) is 23.2 Å². The fraction of sp³-hybridized carbons (Fsp3) is 0.531. The first-order valence-corrected chi connectivity index (χ1v) is 15.2. The second-order valence-electron chi connectivity index (χ2n) is 10.7. The number of benzene rings is 2. The number of carbonyl (C=O) groups excluding carboxylic acids is 3. The molecule has 0 fully saturated rings. The van der Waals surface area contributed by atoms with Crippen LogP contribution in [0.15, 0.2) is 36.4 Å². The maximum atomic E-state index is 13.1. The van der Waals surface area contributed by atoms with Gasteiger partial charge in [0.1, 0.15) is 18.1 Å². The van der Waals surface area contributed by atoms with Crippen molar-refractivity contribution in [1.29, 1.82) is 0 Å². The van der Waals surface area contributed by atoms with Crippen molar-refractivity contribution in [3.63, 3.8) is 0 Å². The monoisotopic (exact) mass is 583 g/mol. The lowest BCUT2D eigenvalue weighted by molar-refractivity contribution is -0.125. The smallest absolute Gasteiger partial charge is 0.255 e. The number of nitrogens with zero attached hydrogens (tertiary/aromatic N) is 2. The van der Waals surface area contributed by atoms with Crippen molar-refractivity contribution in [3.8, 4) is 5.75 Å². The Morgan fingerprint density at radius 2 is 2.05 bits per heavy atom. The van der Waals surface area contributed by atoms with Crippen molar-refractivity contribution >= 4 is 29.7 Å². The SMILES string of the molecule is CCN(CCCCCCOc1cccc2c1CN(C(CCC=O)C(=O)NC)C2=O)CCC1OCc2ccc(Cl)cc21. The van der Waals surface area contributed by atoms with Crippen molar-refractivity contribution in [2.24, 2.45) is 0 Å². The summed E-state index contributed by atoms with van der Waals surface area (Å²) in [5.74, 6) is 0.232. The summed E-state index contributed by atoms with van der Waals surface area (Å²) in [4.78, 5) is 40.5. The van der Waals surface area contributed by atoms with Gasteiger partial charge in [0.2, 0.25) is 5.91 Å². The van der Waals surface area contributed by atoms with Crippen LogP contribution in [0.5, 0.6) is 5.75 Å². The summed E-state index contributed by atoms with van der Waals surface area (Å²) in [5.41, 5.74) is 3.86. The van der Waals surface area contributed by atoms with Gasteiger partial charge in [0.05, 0.1) is 25.9 Å². The number of likely N-dealkylation sites (N-methyl/N-ethyl adjacent to an activating group) is 1. The Balaban J connectivity index is 1.17. The second-order valence-corrected chi connectivity index (χ2v) is 11.2. The number of fused-ring (bicyclic) bond motifs is 2. The molecule has 8 nitrogen and oxygen atoms in total. The lowest BCUT2D eigenvalue weighted by Crippen LogP contribution is -2.46. The van der Waals surface area contributed by atoms with Gasteiger partial charge in [0.15, 0.2) is 0 Å². The highest BCUT2D eigenvalue weighted by Crippen LogP contribution is 2.35. The Hall–Kier alpha value is -2.94. The van der Waals surface area contributed by atoms with Gasteiger partial charge in [0, 0.05) is 36.2 Å². The normalized spacial score (nSPS) is 16.5. The maximum absolute atomic E-state index is 13.1. The minimum Gasteiger partial charge on any atom is -0.493 e. The zero-order chi connectivity index (χ0) is 29.2. The molecule has 0 radical (unpaired) electrons. The number of carbonyl (C=O) groups is 3. The highest BCUT2D eigenvalue weighted by molar-refractivity contribution is 6.30. The Morgan fingerprint density at radius 1 is 1.22 bits per heavy atom. The maximum Gasteiger partial charge on any atom is 0.255 e. The van der Waals surface area contributed by atoms with Gasteiger partial charge in [-0.3, -0.25) is 9.59 Å². The summed E-state index contributed by atoms with van der Waals surface area (Å²) >= 11 is 6.20. The molecule has 0 aliphatic carbocycles. The summed E-state index contributed by atoms with van der Waals surface area (Å²) in [5, 5.41) is 3.38. The van der Waals surface area contributed by atoms with Crippen LogP contribution >= 0.6 is 11.6 Å². The van der Waals surface area contributed by atoms with E-state index in [-0.39, 0.29) is 24.3 Å². The summed E-state index contributed by atoms with van der Waals surface area (Å²) in [7, 11) is 1.54. The van der Waals surface area contributed by atoms with E-state index in [0.29, 0.717) is 37.5 Å². The highest BCUT2D eigenvalue weighted by atomic mass is 35.5. The van der Waals surface area contributed by atoms with Gasteiger partial charge in [-0.2, -0.15) is 0 Å². The van der Waals surface area contributed by atoms with Gasteiger partial charge in [-0.25, -0.2) is 0 Å². The van der Waals surface area contributed by atoms with Gasteiger partial charge < -0.3 is 29.4 Å². The number of halogens is 1. The van der Waals surface area contributed by atoms with Crippen LogP contribution in [0, 0.1) is 0 Å². The van der Waals surface area contributed by atoms with Crippen LogP contribution in [-0.4, -0.2) is 67.2 Å². The number of aldehydes is 1. The Kier molecular flexibility index (Phi) is 11.6. The fourth-order valence-corrected chi connectivity index (χ4v) is 5.93. The second kappa shape index (κ2) is 15.3. The molecule has 41 heavy (non-hydrogen) atoms. The van der Waals surface area contributed by atoms with Crippen molar-refractivity contribution in [3.05, 3.63) is 63.7 Å². The van der Waals surface area contributed by atoms with Crippen LogP contribution in [-0.2, 0) is 27.5 Å². The molecule has 0 saturated carbocycles. The van der Waals surface area contributed by atoms with E-state index in [9.17, 15) is 14.4 Å². The van der Waals surface area contributed by atoms with Gasteiger partial charge in [-0.15, -0.1) is 0 Å². The first kappa shape index (κ1) is 31.0. The van der Waals surface area contributed by atoms with E-state index in [1.54, 1.807) is 18.0 Å². The zero-order valence-electron chi connectivity index (χ0n) is 24.2. The summed E-state index contributed by atoms with van der Waals surface area (Å²) in [6.07, 6.45) is 6.65. The first-order chi connectivity index (χ1) is 20.0. The Morgan fingerprint density at radius 3 is 2.83 bits per heavy atom. The molecular formula is C32H42ClN3O5. The Bertz CT molecular complexity index is 1210. The molecule has 1 N–H and O–H groups in total. The molecule has 2 aliphatic rings. The van der Waals surface area contributed by atoms with Crippen LogP contribution in [0.2, 0.25) is 5.02 Å². The number of hydrogen-bond donors (Lipinski definition) is 1. The van der Waals surface area contributed by atoms with E-state index >= 15 is 0 Å². The first-order valence-electron chi connectivity index (χ1n) is 14.8. The third-order valence-electron chi connectivity index (χ3n) is 8.11. The number of nitrogens with one attached hydrogen (secondary N) is 1. The molecule has 0 saturated heterocycles. The molecule has 4 rings (SSSR count). The number of ether oxygens (including phenoxy) is 2. The standard InChI is InChI=1S/C32H42ClN3O5/c1-3-35(17-15-30-26-20-24(33)14-13-23(26)22-41-30)16-6-4-5-7-19-40-29-12-8-10-25-27(29)21-36(32(25)39)28(11-9-18-37)31(38)34-2/h8,10,12-14,18,20,28,30H,3-7,9,11,15-17,19,21-22H2,1-2H3,(H,34,38). The van der Waals surface area contributed by atoms with E-state index < -0.39 is 6.04 Å². The Labute approximate surface area is 248 Å². The quantitative estimate of drug-likeness (QED) is 0.200. The lowest BCUT2D eigenvalue weighted by atomic mass is 10.0. The fourth-order valence-electron chi connectivity index (χ4n) is 5.75. The third-order valence-corrected chi connectivity index (χ3v) is 8.35. The van der Waals surface area contributed by atoms with E-state index in [4.69, 9.17) is 21.1 Å². The molecular weight excluding hydrogens is 542 g/mol. The van der Waals surface area contributed by atoms with Crippen molar-refractivity contribution < 1.29 is 23.9 Å². The van der Waals surface area contributed by atoms with Gasteiger partial charge in [-0.05, 0) is 74.2 Å².